The predicted molar refractivity (Wildman–Crippen MR) is 87.7 cm³/mol. The number of hydrogen-bond donors (Lipinski definition) is 0. The molecule has 0 amide bonds. The van der Waals surface area contributed by atoms with Crippen LogP contribution in [0, 0.1) is 5.82 Å². The van der Waals surface area contributed by atoms with E-state index in [1.54, 1.807) is 12.1 Å². The van der Waals surface area contributed by atoms with Gasteiger partial charge in [-0.05, 0) is 40.2 Å². The minimum Gasteiger partial charge on any atom is -0.373 e. The first-order chi connectivity index (χ1) is 10.3. The fraction of sp³-hybridized carbons (Fsp3) is 0.438. The molecule has 0 spiro atoms. The van der Waals surface area contributed by atoms with E-state index in [0.29, 0.717) is 13.2 Å². The Morgan fingerprint density at radius 2 is 1.76 bits per heavy atom. The molecule has 1 aromatic carbocycles. The van der Waals surface area contributed by atoms with E-state index in [1.807, 2.05) is 32.4 Å². The van der Waals surface area contributed by atoms with E-state index in [1.165, 1.54) is 12.1 Å². The summed E-state index contributed by atoms with van der Waals surface area (Å²) in [4.78, 5) is 0. The molecular weight excluding hydrogens is 335 g/mol. The molecule has 0 atom stereocenters. The van der Waals surface area contributed by atoms with Crippen LogP contribution in [-0.2, 0) is 17.9 Å². The van der Waals surface area contributed by atoms with E-state index >= 15 is 0 Å². The first-order valence-corrected chi connectivity index (χ1v) is 8.14. The summed E-state index contributed by atoms with van der Waals surface area (Å²) in [5, 5.41) is 4.52. The molecule has 0 unspecified atom stereocenters. The smallest absolute Gasteiger partial charge is 0.123 e. The maximum absolute atomic E-state index is 12.9. The third-order valence-electron chi connectivity index (χ3n) is 2.80. The lowest BCUT2D eigenvalue weighted by molar-refractivity contribution is 0.0796. The van der Waals surface area contributed by atoms with Crippen LogP contribution >= 0.6 is 15.9 Å². The van der Waals surface area contributed by atoms with Crippen LogP contribution in [0.4, 0.5) is 4.39 Å². The highest BCUT2D eigenvalue weighted by molar-refractivity contribution is 9.10. The molecule has 3 rings (SSSR count). The third kappa shape index (κ3) is 4.14. The van der Waals surface area contributed by atoms with E-state index in [4.69, 9.17) is 4.74 Å². The van der Waals surface area contributed by atoms with E-state index < -0.39 is 0 Å². The lowest BCUT2D eigenvalue weighted by atomic mass is 10.1. The van der Waals surface area contributed by atoms with Crippen molar-refractivity contribution in [3.63, 3.8) is 0 Å². The van der Waals surface area contributed by atoms with Crippen molar-refractivity contribution in [2.24, 2.45) is 0 Å². The summed E-state index contributed by atoms with van der Waals surface area (Å²) in [6.45, 7) is 10.0. The summed E-state index contributed by atoms with van der Waals surface area (Å²) in [5.74, 6) is -0.239. The topological polar surface area (TPSA) is 27.1 Å². The fourth-order valence-electron chi connectivity index (χ4n) is 1.91. The monoisotopic (exact) mass is 356 g/mol. The molecular formula is C16H22BrFN2O. The molecule has 116 valence electrons. The van der Waals surface area contributed by atoms with Gasteiger partial charge in [0.1, 0.15) is 11.5 Å². The number of halogens is 2. The zero-order valence-corrected chi connectivity index (χ0v) is 14.6. The van der Waals surface area contributed by atoms with Crippen molar-refractivity contribution < 1.29 is 9.13 Å². The molecule has 3 nitrogen and oxygen atoms in total. The largest absolute Gasteiger partial charge is 0.373 e. The van der Waals surface area contributed by atoms with Crippen molar-refractivity contribution in [1.29, 1.82) is 0 Å². The minimum atomic E-state index is -0.239. The lowest BCUT2D eigenvalue weighted by Crippen LogP contribution is -2.17. The minimum absolute atomic E-state index is 0.239. The number of benzene rings is 1. The standard InChI is InChI=1S/C12H10BrFN2O.2C2H6/c13-11-10-7-17-6-5-16(10)15-12(11)8-1-3-9(14)4-2-8;2*1-2/h1-4H,5-7H2;2*1-2H3. The van der Waals surface area contributed by atoms with Crippen LogP contribution in [0.2, 0.25) is 0 Å². The fourth-order valence-corrected chi connectivity index (χ4v) is 2.54. The zero-order chi connectivity index (χ0) is 15.8. The van der Waals surface area contributed by atoms with Crippen molar-refractivity contribution in [2.45, 2.75) is 40.8 Å². The molecule has 2 heterocycles. The first-order valence-electron chi connectivity index (χ1n) is 7.34. The van der Waals surface area contributed by atoms with Crippen molar-refractivity contribution in [1.82, 2.24) is 9.78 Å². The Kier molecular flexibility index (Phi) is 7.61. The normalized spacial score (nSPS) is 12.5. The summed E-state index contributed by atoms with van der Waals surface area (Å²) in [6.07, 6.45) is 0. The van der Waals surface area contributed by atoms with Gasteiger partial charge in [-0.3, -0.25) is 4.68 Å². The van der Waals surface area contributed by atoms with Gasteiger partial charge < -0.3 is 4.74 Å². The summed E-state index contributed by atoms with van der Waals surface area (Å²) in [5.41, 5.74) is 2.78. The highest BCUT2D eigenvalue weighted by Crippen LogP contribution is 2.32. The van der Waals surface area contributed by atoms with Gasteiger partial charge in [0.15, 0.2) is 0 Å². The van der Waals surface area contributed by atoms with Crippen LogP contribution in [0.5, 0.6) is 0 Å². The van der Waals surface area contributed by atoms with Crippen LogP contribution in [0.3, 0.4) is 0 Å². The van der Waals surface area contributed by atoms with Crippen molar-refractivity contribution in [2.75, 3.05) is 6.61 Å². The van der Waals surface area contributed by atoms with E-state index in [0.717, 1.165) is 28.0 Å². The zero-order valence-electron chi connectivity index (χ0n) is 13.0. The van der Waals surface area contributed by atoms with E-state index in [2.05, 4.69) is 21.0 Å². The van der Waals surface area contributed by atoms with Gasteiger partial charge in [-0.2, -0.15) is 5.10 Å². The predicted octanol–water partition coefficient (Wildman–Crippen LogP) is 5.03. The van der Waals surface area contributed by atoms with Gasteiger partial charge in [0.05, 0.1) is 29.9 Å². The maximum Gasteiger partial charge on any atom is 0.123 e. The number of ether oxygens (including phenoxy) is 1. The Hall–Kier alpha value is -1.20. The molecule has 21 heavy (non-hydrogen) atoms. The van der Waals surface area contributed by atoms with Gasteiger partial charge in [-0.25, -0.2) is 4.39 Å². The average molecular weight is 357 g/mol. The molecule has 1 aliphatic heterocycles. The Balaban J connectivity index is 0.000000510. The molecule has 0 bridgehead atoms. The number of fused-ring (bicyclic) bond motifs is 1. The highest BCUT2D eigenvalue weighted by atomic mass is 79.9. The van der Waals surface area contributed by atoms with Crippen molar-refractivity contribution >= 4 is 15.9 Å². The molecule has 0 saturated carbocycles. The molecule has 1 aromatic heterocycles. The number of nitrogens with zero attached hydrogens (tertiary/aromatic N) is 2. The molecule has 5 heteroatoms. The average Bonchev–Trinajstić information content (AvgIpc) is 2.90. The second-order valence-electron chi connectivity index (χ2n) is 3.89. The molecule has 1 aliphatic rings. The molecule has 0 saturated heterocycles. The van der Waals surface area contributed by atoms with Crippen molar-refractivity contribution in [3.05, 3.63) is 40.2 Å². The van der Waals surface area contributed by atoms with Crippen LogP contribution in [0.1, 0.15) is 33.4 Å². The van der Waals surface area contributed by atoms with Crippen molar-refractivity contribution in [3.8, 4) is 11.3 Å². The SMILES string of the molecule is CC.CC.Fc1ccc(-c2nn3c(c2Br)COCC3)cc1. The first kappa shape index (κ1) is 17.9. The number of hydrogen-bond acceptors (Lipinski definition) is 2. The third-order valence-corrected chi connectivity index (χ3v) is 3.63. The highest BCUT2D eigenvalue weighted by Gasteiger charge is 2.19. The number of aromatic nitrogens is 2. The number of rotatable bonds is 1. The van der Waals surface area contributed by atoms with Crippen LogP contribution in [0.15, 0.2) is 28.7 Å². The Morgan fingerprint density at radius 3 is 2.33 bits per heavy atom. The molecule has 2 aromatic rings. The van der Waals surface area contributed by atoms with Gasteiger partial charge in [0, 0.05) is 5.56 Å². The van der Waals surface area contributed by atoms with Crippen LogP contribution in [-0.4, -0.2) is 16.4 Å². The quantitative estimate of drug-likeness (QED) is 0.715. The lowest BCUT2D eigenvalue weighted by Gasteiger charge is -2.13. The van der Waals surface area contributed by atoms with Crippen LogP contribution < -0.4 is 0 Å². The molecule has 0 N–H and O–H groups in total. The molecule has 0 radical (unpaired) electrons. The molecule has 0 aliphatic carbocycles. The summed E-state index contributed by atoms with van der Waals surface area (Å²) < 4.78 is 21.1. The van der Waals surface area contributed by atoms with Gasteiger partial charge in [0.2, 0.25) is 0 Å². The van der Waals surface area contributed by atoms with Gasteiger partial charge in [-0.15, -0.1) is 0 Å². The Labute approximate surface area is 134 Å². The molecule has 0 fully saturated rings. The van der Waals surface area contributed by atoms with E-state index in [-0.39, 0.29) is 5.82 Å². The van der Waals surface area contributed by atoms with Gasteiger partial charge in [-0.1, -0.05) is 27.7 Å². The van der Waals surface area contributed by atoms with Crippen LogP contribution in [0.25, 0.3) is 11.3 Å². The van der Waals surface area contributed by atoms with Gasteiger partial charge in [0.25, 0.3) is 0 Å². The second kappa shape index (κ2) is 8.95. The Bertz CT molecular complexity index is 552. The van der Waals surface area contributed by atoms with E-state index in [9.17, 15) is 4.39 Å². The van der Waals surface area contributed by atoms with Gasteiger partial charge >= 0.3 is 0 Å². The second-order valence-corrected chi connectivity index (χ2v) is 4.68. The maximum atomic E-state index is 12.9. The summed E-state index contributed by atoms with van der Waals surface area (Å²) >= 11 is 3.54. The summed E-state index contributed by atoms with van der Waals surface area (Å²) in [7, 11) is 0. The summed E-state index contributed by atoms with van der Waals surface area (Å²) in [6, 6.07) is 6.35. The Morgan fingerprint density at radius 1 is 1.14 bits per heavy atom.